The van der Waals surface area contributed by atoms with E-state index in [1.165, 1.54) is 7.11 Å². The monoisotopic (exact) mass is 295 g/mol. The molecule has 7 N–H and O–H groups in total. The number of H-pyrrole nitrogens is 2. The first-order valence-corrected chi connectivity index (χ1v) is 6.51. The first kappa shape index (κ1) is 14.0. The number of aliphatic hydroxyl groups is 2. The van der Waals surface area contributed by atoms with Crippen molar-refractivity contribution in [2.45, 2.75) is 24.3 Å². The predicted molar refractivity (Wildman–Crippen MR) is 74.7 cm³/mol. The zero-order valence-corrected chi connectivity index (χ0v) is 11.3. The van der Waals surface area contributed by atoms with E-state index in [0.717, 1.165) is 0 Å². The van der Waals surface area contributed by atoms with Gasteiger partial charge in [0, 0.05) is 18.9 Å². The summed E-state index contributed by atoms with van der Waals surface area (Å²) in [6.45, 7) is -0.226. The SMILES string of the molecule is COC1C(c2c[nH]c3c(=O)[nH]c(N)nc23)NC(CO)C1O. The largest absolute Gasteiger partial charge is 0.395 e. The molecule has 2 aromatic heterocycles. The molecule has 9 nitrogen and oxygen atoms in total. The first-order valence-electron chi connectivity index (χ1n) is 6.51. The minimum atomic E-state index is -0.866. The van der Waals surface area contributed by atoms with E-state index in [0.29, 0.717) is 16.6 Å². The Bertz CT molecular complexity index is 711. The van der Waals surface area contributed by atoms with Gasteiger partial charge >= 0.3 is 0 Å². The van der Waals surface area contributed by atoms with Crippen LogP contribution >= 0.6 is 0 Å². The maximum absolute atomic E-state index is 11.8. The summed E-state index contributed by atoms with van der Waals surface area (Å²) in [5.74, 6) is 0.0135. The van der Waals surface area contributed by atoms with Crippen LogP contribution in [0.3, 0.4) is 0 Å². The molecule has 3 rings (SSSR count). The van der Waals surface area contributed by atoms with Crippen LogP contribution in [0.25, 0.3) is 11.0 Å². The zero-order chi connectivity index (χ0) is 15.1. The summed E-state index contributed by atoms with van der Waals surface area (Å²) in [6.07, 6.45) is 0.195. The van der Waals surface area contributed by atoms with Crippen LogP contribution < -0.4 is 16.6 Å². The molecular formula is C12H17N5O4. The molecule has 0 aromatic carbocycles. The summed E-state index contributed by atoms with van der Waals surface area (Å²) in [5, 5.41) is 22.5. The Hall–Kier alpha value is -1.94. The lowest BCUT2D eigenvalue weighted by molar-refractivity contribution is -0.00943. The lowest BCUT2D eigenvalue weighted by Crippen LogP contribution is -2.36. The van der Waals surface area contributed by atoms with Crippen molar-refractivity contribution < 1.29 is 14.9 Å². The first-order chi connectivity index (χ1) is 10.1. The minimum Gasteiger partial charge on any atom is -0.395 e. The number of anilines is 1. The fraction of sp³-hybridized carbons (Fsp3) is 0.500. The van der Waals surface area contributed by atoms with Crippen LogP contribution in [-0.4, -0.2) is 57.1 Å². The molecule has 4 unspecified atom stereocenters. The van der Waals surface area contributed by atoms with Gasteiger partial charge in [-0.05, 0) is 0 Å². The Morgan fingerprint density at radius 1 is 1.52 bits per heavy atom. The second-order valence-electron chi connectivity index (χ2n) is 5.04. The predicted octanol–water partition coefficient (Wildman–Crippen LogP) is -1.79. The number of methoxy groups -OCH3 is 1. The number of nitrogens with zero attached hydrogens (tertiary/aromatic N) is 1. The number of nitrogen functional groups attached to an aromatic ring is 1. The minimum absolute atomic E-state index is 0.0135. The van der Waals surface area contributed by atoms with Crippen molar-refractivity contribution in [2.24, 2.45) is 0 Å². The molecule has 0 radical (unpaired) electrons. The van der Waals surface area contributed by atoms with Gasteiger partial charge in [-0.25, -0.2) is 4.98 Å². The summed E-state index contributed by atoms with van der Waals surface area (Å²) >= 11 is 0. The van der Waals surface area contributed by atoms with Crippen LogP contribution in [0.5, 0.6) is 0 Å². The van der Waals surface area contributed by atoms with E-state index >= 15 is 0 Å². The van der Waals surface area contributed by atoms with Gasteiger partial charge in [-0.2, -0.15) is 0 Å². The van der Waals surface area contributed by atoms with E-state index in [1.54, 1.807) is 6.20 Å². The van der Waals surface area contributed by atoms with Crippen molar-refractivity contribution in [2.75, 3.05) is 19.5 Å². The number of aliphatic hydroxyl groups excluding tert-OH is 2. The van der Waals surface area contributed by atoms with Crippen LogP contribution in [0.2, 0.25) is 0 Å². The number of nitrogens with two attached hydrogens (primary N) is 1. The Kier molecular flexibility index (Phi) is 3.41. The highest BCUT2D eigenvalue weighted by atomic mass is 16.5. The van der Waals surface area contributed by atoms with Crippen molar-refractivity contribution in [1.82, 2.24) is 20.3 Å². The van der Waals surface area contributed by atoms with Gasteiger partial charge in [0.25, 0.3) is 5.56 Å². The molecule has 9 heteroatoms. The molecule has 0 spiro atoms. The van der Waals surface area contributed by atoms with E-state index in [-0.39, 0.29) is 18.1 Å². The van der Waals surface area contributed by atoms with Crippen molar-refractivity contribution in [3.05, 3.63) is 22.1 Å². The van der Waals surface area contributed by atoms with Gasteiger partial charge in [-0.3, -0.25) is 9.78 Å². The van der Waals surface area contributed by atoms with E-state index in [4.69, 9.17) is 10.5 Å². The van der Waals surface area contributed by atoms with Crippen LogP contribution in [0.15, 0.2) is 11.0 Å². The van der Waals surface area contributed by atoms with E-state index in [2.05, 4.69) is 20.3 Å². The number of hydrogen-bond acceptors (Lipinski definition) is 7. The van der Waals surface area contributed by atoms with Crippen LogP contribution in [-0.2, 0) is 4.74 Å². The zero-order valence-electron chi connectivity index (χ0n) is 11.3. The molecule has 0 aliphatic carbocycles. The van der Waals surface area contributed by atoms with Crippen molar-refractivity contribution in [3.8, 4) is 0 Å². The number of nitrogens with one attached hydrogen (secondary N) is 3. The fourth-order valence-electron chi connectivity index (χ4n) is 2.84. The van der Waals surface area contributed by atoms with Crippen LogP contribution in [0, 0.1) is 0 Å². The van der Waals surface area contributed by atoms with Gasteiger partial charge in [0.2, 0.25) is 5.95 Å². The molecule has 21 heavy (non-hydrogen) atoms. The maximum Gasteiger partial charge on any atom is 0.276 e. The Morgan fingerprint density at radius 3 is 2.95 bits per heavy atom. The lowest BCUT2D eigenvalue weighted by atomic mass is 10.0. The van der Waals surface area contributed by atoms with Crippen molar-refractivity contribution >= 4 is 17.0 Å². The second kappa shape index (κ2) is 5.11. The molecule has 2 aromatic rings. The summed E-state index contributed by atoms with van der Waals surface area (Å²) in [4.78, 5) is 21.2. The number of rotatable bonds is 3. The fourth-order valence-corrected chi connectivity index (χ4v) is 2.84. The molecule has 3 heterocycles. The maximum atomic E-state index is 11.8. The Morgan fingerprint density at radius 2 is 2.29 bits per heavy atom. The molecule has 0 saturated carbocycles. The second-order valence-corrected chi connectivity index (χ2v) is 5.04. The molecule has 1 aliphatic heterocycles. The third-order valence-electron chi connectivity index (χ3n) is 3.86. The molecule has 1 saturated heterocycles. The highest BCUT2D eigenvalue weighted by molar-refractivity contribution is 5.79. The quantitative estimate of drug-likeness (QED) is 0.391. The summed E-state index contributed by atoms with van der Waals surface area (Å²) in [6, 6.07) is -0.922. The molecule has 114 valence electrons. The third kappa shape index (κ3) is 2.10. The van der Waals surface area contributed by atoms with Crippen LogP contribution in [0.1, 0.15) is 11.6 Å². The number of aromatic amines is 2. The Labute approximate surface area is 119 Å². The van der Waals surface area contributed by atoms with Crippen molar-refractivity contribution in [1.29, 1.82) is 0 Å². The topological polar surface area (TPSA) is 149 Å². The number of hydrogen-bond donors (Lipinski definition) is 6. The average molecular weight is 295 g/mol. The number of fused-ring (bicyclic) bond motifs is 1. The average Bonchev–Trinajstić information content (AvgIpc) is 2.99. The summed E-state index contributed by atoms with van der Waals surface area (Å²) in [5.41, 5.74) is 6.59. The molecule has 0 bridgehead atoms. The molecule has 0 amide bonds. The van der Waals surface area contributed by atoms with E-state index in [1.807, 2.05) is 0 Å². The normalized spacial score (nSPS) is 29.3. The number of ether oxygens (including phenoxy) is 1. The highest BCUT2D eigenvalue weighted by Gasteiger charge is 2.43. The third-order valence-corrected chi connectivity index (χ3v) is 3.86. The summed E-state index contributed by atoms with van der Waals surface area (Å²) < 4.78 is 5.32. The van der Waals surface area contributed by atoms with Gasteiger partial charge < -0.3 is 31.0 Å². The standard InChI is InChI=1S/C12H17N5O4/c1-21-10-7(15-5(3-18)9(10)19)4-2-14-8-6(4)16-12(13)17-11(8)20/h2,5,7,9-10,14-15,18-19H,3H2,1H3,(H3,13,16,17,20). The highest BCUT2D eigenvalue weighted by Crippen LogP contribution is 2.32. The lowest BCUT2D eigenvalue weighted by Gasteiger charge is -2.19. The van der Waals surface area contributed by atoms with Crippen molar-refractivity contribution in [3.63, 3.8) is 0 Å². The van der Waals surface area contributed by atoms with Gasteiger partial charge in [-0.1, -0.05) is 0 Å². The smallest absolute Gasteiger partial charge is 0.276 e. The van der Waals surface area contributed by atoms with Gasteiger partial charge in [0.05, 0.1) is 24.8 Å². The number of aromatic nitrogens is 3. The Balaban J connectivity index is 2.10. The molecule has 4 atom stereocenters. The molecule has 1 aliphatic rings. The van der Waals surface area contributed by atoms with Gasteiger partial charge in [0.15, 0.2) is 0 Å². The summed E-state index contributed by atoms with van der Waals surface area (Å²) in [7, 11) is 1.48. The molecular weight excluding hydrogens is 278 g/mol. The van der Waals surface area contributed by atoms with Crippen LogP contribution in [0.4, 0.5) is 5.95 Å². The van der Waals surface area contributed by atoms with E-state index in [9.17, 15) is 15.0 Å². The van der Waals surface area contributed by atoms with Gasteiger partial charge in [0.1, 0.15) is 17.1 Å². The van der Waals surface area contributed by atoms with Gasteiger partial charge in [-0.15, -0.1) is 0 Å². The van der Waals surface area contributed by atoms with E-state index < -0.39 is 24.3 Å². The molecule has 1 fully saturated rings.